The first-order chi connectivity index (χ1) is 15.5. The SMILES string of the molecule is C[Si](C)(c1ccccc1)[C@@H]1[C@@H]2C=C[C@H]1[C@@H]1[C@H]2CN(c2ccc(C#N)c(C(F)(F)F)c2)S1(=O)=O. The minimum Gasteiger partial charge on any atom is -0.270 e. The standard InChI is InChI=1S/C24H23F3N2O2SSi/c1-33(2,17-6-4-3-5-7-17)23-18-10-11-19(23)22-20(18)14-29(32(22,30)31)16-9-8-15(13-28)21(12-16)24(25,26)27/h3-12,18-20,22-23H,14H2,1-2H3/t18-,19+,20+,22-,23-/m1/s1. The molecule has 1 saturated heterocycles. The fraction of sp³-hybridized carbons (Fsp3) is 0.375. The van der Waals surface area contributed by atoms with Gasteiger partial charge < -0.3 is 0 Å². The first kappa shape index (κ1) is 22.2. The monoisotopic (exact) mass is 488 g/mol. The van der Waals surface area contributed by atoms with E-state index >= 15 is 0 Å². The van der Waals surface area contributed by atoms with Crippen molar-refractivity contribution in [2.75, 3.05) is 10.8 Å². The number of nitriles is 1. The van der Waals surface area contributed by atoms with E-state index < -0.39 is 40.7 Å². The zero-order chi connectivity index (χ0) is 23.8. The van der Waals surface area contributed by atoms with Gasteiger partial charge in [-0.15, -0.1) is 0 Å². The lowest BCUT2D eigenvalue weighted by Crippen LogP contribution is -2.49. The third-order valence-corrected chi connectivity index (χ3v) is 14.4. The molecule has 1 heterocycles. The van der Waals surface area contributed by atoms with Crippen LogP contribution in [0.15, 0.2) is 60.7 Å². The van der Waals surface area contributed by atoms with Gasteiger partial charge in [-0.05, 0) is 35.6 Å². The van der Waals surface area contributed by atoms with Crippen LogP contribution in [0.3, 0.4) is 0 Å². The first-order valence-electron chi connectivity index (χ1n) is 10.8. The lowest BCUT2D eigenvalue weighted by Gasteiger charge is -2.35. The van der Waals surface area contributed by atoms with Gasteiger partial charge in [0.25, 0.3) is 0 Å². The Morgan fingerprint density at radius 1 is 1.06 bits per heavy atom. The summed E-state index contributed by atoms with van der Waals surface area (Å²) in [5.41, 5.74) is -1.41. The van der Waals surface area contributed by atoms with E-state index in [2.05, 4.69) is 31.3 Å². The maximum Gasteiger partial charge on any atom is 0.417 e. The molecule has 5 atom stereocenters. The Bertz CT molecular complexity index is 1290. The second kappa shape index (κ2) is 7.21. The molecule has 0 unspecified atom stereocenters. The van der Waals surface area contributed by atoms with Crippen LogP contribution >= 0.6 is 0 Å². The number of nitrogens with zero attached hydrogens (tertiary/aromatic N) is 2. The van der Waals surface area contributed by atoms with Crippen molar-refractivity contribution in [2.24, 2.45) is 17.8 Å². The van der Waals surface area contributed by atoms with Crippen LogP contribution in [0.4, 0.5) is 18.9 Å². The molecule has 0 N–H and O–H groups in total. The molecule has 172 valence electrons. The highest BCUT2D eigenvalue weighted by Crippen LogP contribution is 2.61. The summed E-state index contributed by atoms with van der Waals surface area (Å²) in [6.45, 7) is 4.72. The van der Waals surface area contributed by atoms with Crippen molar-refractivity contribution in [3.63, 3.8) is 0 Å². The lowest BCUT2D eigenvalue weighted by molar-refractivity contribution is -0.137. The van der Waals surface area contributed by atoms with Gasteiger partial charge in [-0.25, -0.2) is 8.42 Å². The van der Waals surface area contributed by atoms with Crippen molar-refractivity contribution in [2.45, 2.75) is 30.1 Å². The van der Waals surface area contributed by atoms with Crippen LogP contribution < -0.4 is 9.49 Å². The summed E-state index contributed by atoms with van der Waals surface area (Å²) in [6.07, 6.45) is -0.584. The van der Waals surface area contributed by atoms with Gasteiger partial charge >= 0.3 is 6.18 Å². The highest BCUT2D eigenvalue weighted by molar-refractivity contribution is 7.93. The Morgan fingerprint density at radius 2 is 1.73 bits per heavy atom. The van der Waals surface area contributed by atoms with Crippen LogP contribution in [0, 0.1) is 29.1 Å². The van der Waals surface area contributed by atoms with Crippen molar-refractivity contribution < 1.29 is 21.6 Å². The number of hydrogen-bond donors (Lipinski definition) is 0. The quantitative estimate of drug-likeness (QED) is 0.472. The fourth-order valence-corrected chi connectivity index (χ4v) is 13.0. The van der Waals surface area contributed by atoms with Crippen molar-refractivity contribution >= 4 is 29.0 Å². The van der Waals surface area contributed by atoms with E-state index in [-0.39, 0.29) is 35.5 Å². The van der Waals surface area contributed by atoms with Crippen LogP contribution in [0.5, 0.6) is 0 Å². The molecule has 9 heteroatoms. The summed E-state index contributed by atoms with van der Waals surface area (Å²) in [5, 5.41) is 9.72. The van der Waals surface area contributed by atoms with Gasteiger partial charge in [0.15, 0.2) is 0 Å². The van der Waals surface area contributed by atoms with Crippen LogP contribution in [-0.4, -0.2) is 28.3 Å². The molecule has 0 amide bonds. The number of halogens is 3. The molecule has 5 rings (SSSR count). The van der Waals surface area contributed by atoms with Gasteiger partial charge in [-0.2, -0.15) is 18.4 Å². The molecule has 33 heavy (non-hydrogen) atoms. The summed E-state index contributed by atoms with van der Waals surface area (Å²) in [7, 11) is -5.87. The van der Waals surface area contributed by atoms with Crippen molar-refractivity contribution in [1.29, 1.82) is 5.26 Å². The number of sulfonamides is 1. The van der Waals surface area contributed by atoms with Crippen LogP contribution in [0.1, 0.15) is 11.1 Å². The Hall–Kier alpha value is -2.57. The van der Waals surface area contributed by atoms with E-state index in [1.165, 1.54) is 11.3 Å². The largest absolute Gasteiger partial charge is 0.417 e. The molecule has 4 nitrogen and oxygen atoms in total. The summed E-state index contributed by atoms with van der Waals surface area (Å²) in [6, 6.07) is 14.9. The molecule has 2 aromatic carbocycles. The van der Waals surface area contributed by atoms with Crippen molar-refractivity contribution in [1.82, 2.24) is 0 Å². The van der Waals surface area contributed by atoms with E-state index in [4.69, 9.17) is 5.26 Å². The van der Waals surface area contributed by atoms with Crippen LogP contribution in [0.2, 0.25) is 18.6 Å². The van der Waals surface area contributed by atoms with Crippen LogP contribution in [-0.2, 0) is 16.2 Å². The Morgan fingerprint density at radius 3 is 2.33 bits per heavy atom. The van der Waals surface area contributed by atoms with Gasteiger partial charge in [0.05, 0.1) is 36.2 Å². The van der Waals surface area contributed by atoms with Gasteiger partial charge in [0.1, 0.15) is 0 Å². The molecular formula is C24H23F3N2O2SSi. The number of hydrogen-bond acceptors (Lipinski definition) is 3. The number of allylic oxidation sites excluding steroid dienone is 2. The van der Waals surface area contributed by atoms with E-state index in [0.717, 1.165) is 16.4 Å². The topological polar surface area (TPSA) is 61.2 Å². The van der Waals surface area contributed by atoms with Crippen molar-refractivity contribution in [3.8, 4) is 6.07 Å². The average Bonchev–Trinajstić information content (AvgIpc) is 3.42. The highest BCUT2D eigenvalue weighted by Gasteiger charge is 2.65. The third-order valence-electron chi connectivity index (χ3n) is 7.78. The molecule has 0 spiro atoms. The summed E-state index contributed by atoms with van der Waals surface area (Å²) in [4.78, 5) is 0. The smallest absolute Gasteiger partial charge is 0.270 e. The van der Waals surface area contributed by atoms with Crippen LogP contribution in [0.25, 0.3) is 0 Å². The summed E-state index contributed by atoms with van der Waals surface area (Å²) < 4.78 is 68.9. The number of anilines is 1. The third kappa shape index (κ3) is 3.18. The molecule has 2 aromatic rings. The van der Waals surface area contributed by atoms with Gasteiger partial charge in [-0.1, -0.05) is 60.8 Å². The Labute approximate surface area is 192 Å². The van der Waals surface area contributed by atoms with Gasteiger partial charge in [-0.3, -0.25) is 4.31 Å². The van der Waals surface area contributed by atoms with E-state index in [0.29, 0.717) is 0 Å². The Kier molecular flexibility index (Phi) is 4.86. The average molecular weight is 489 g/mol. The van der Waals surface area contributed by atoms with Gasteiger partial charge in [0.2, 0.25) is 10.0 Å². The number of fused-ring (bicyclic) bond motifs is 5. The number of rotatable bonds is 3. The molecule has 1 aliphatic heterocycles. The fourth-order valence-electron chi connectivity index (χ4n) is 6.36. The summed E-state index contributed by atoms with van der Waals surface area (Å²) in [5.74, 6) is -0.213. The minimum atomic E-state index is -4.74. The van der Waals surface area contributed by atoms with E-state index in [1.807, 2.05) is 24.3 Å². The molecular weight excluding hydrogens is 465 g/mol. The molecule has 2 bridgehead atoms. The normalized spacial score (nSPS) is 29.8. The predicted octanol–water partition coefficient (Wildman–Crippen LogP) is 4.51. The molecule has 2 fully saturated rings. The molecule has 3 aliphatic rings. The van der Waals surface area contributed by atoms with E-state index in [1.54, 1.807) is 6.07 Å². The van der Waals surface area contributed by atoms with E-state index in [9.17, 15) is 21.6 Å². The maximum atomic E-state index is 13.7. The molecule has 0 aromatic heterocycles. The maximum absolute atomic E-state index is 13.7. The number of benzene rings is 2. The van der Waals surface area contributed by atoms with Crippen molar-refractivity contribution in [3.05, 3.63) is 71.8 Å². The summed E-state index contributed by atoms with van der Waals surface area (Å²) >= 11 is 0. The predicted molar refractivity (Wildman–Crippen MR) is 123 cm³/mol. The zero-order valence-corrected chi connectivity index (χ0v) is 19.9. The molecule has 0 radical (unpaired) electrons. The molecule has 1 saturated carbocycles. The minimum absolute atomic E-state index is 0.0220. The highest BCUT2D eigenvalue weighted by atomic mass is 32.2. The Balaban J connectivity index is 1.51. The second-order valence-corrected chi connectivity index (χ2v) is 16.4. The van der Waals surface area contributed by atoms with Gasteiger partial charge in [0, 0.05) is 12.5 Å². The second-order valence-electron chi connectivity index (χ2n) is 9.70. The lowest BCUT2D eigenvalue weighted by atomic mass is 9.93. The molecule has 2 aliphatic carbocycles. The number of alkyl halides is 3. The first-order valence-corrected chi connectivity index (χ1v) is 15.4. The zero-order valence-electron chi connectivity index (χ0n) is 18.1.